The van der Waals surface area contributed by atoms with E-state index < -0.39 is 25.4 Å². The number of aryl methyl sites for hydroxylation is 1. The summed E-state index contributed by atoms with van der Waals surface area (Å²) in [6.07, 6.45) is 2.18. The molecule has 0 saturated heterocycles. The molecule has 0 bridgehead atoms. The Kier molecular flexibility index (Phi) is 2.12. The van der Waals surface area contributed by atoms with Crippen LogP contribution in [0.15, 0.2) is 0 Å². The summed E-state index contributed by atoms with van der Waals surface area (Å²) >= 11 is -1.75. The van der Waals surface area contributed by atoms with Crippen LogP contribution in [0.4, 0.5) is 4.79 Å². The van der Waals surface area contributed by atoms with E-state index in [-0.39, 0.29) is 3.98 Å². The zero-order valence-corrected chi connectivity index (χ0v) is 11.9. The average molecular weight is 334 g/mol. The second-order valence-electron chi connectivity index (χ2n) is 4.74. The van der Waals surface area contributed by atoms with Crippen molar-refractivity contribution in [2.45, 2.75) is 32.3 Å². The molecule has 88 valence electrons. The molecule has 16 heavy (non-hydrogen) atoms. The maximum absolute atomic E-state index is 12.0. The third kappa shape index (κ3) is 1.26. The molecule has 4 nitrogen and oxygen atoms in total. The van der Waals surface area contributed by atoms with Gasteiger partial charge in [0.25, 0.3) is 0 Å². The summed E-state index contributed by atoms with van der Waals surface area (Å²) < 4.78 is 9.96. The van der Waals surface area contributed by atoms with Gasteiger partial charge < -0.3 is 0 Å². The van der Waals surface area contributed by atoms with Gasteiger partial charge >= 0.3 is 102 Å². The van der Waals surface area contributed by atoms with Gasteiger partial charge in [-0.05, 0) is 0 Å². The Morgan fingerprint density at radius 2 is 2.25 bits per heavy atom. The summed E-state index contributed by atoms with van der Waals surface area (Å²) in [7, 11) is 1.98. The molecule has 2 aliphatic rings. The summed E-state index contributed by atoms with van der Waals surface area (Å²) in [6.45, 7) is 3.88. The van der Waals surface area contributed by atoms with E-state index in [9.17, 15) is 4.79 Å². The first kappa shape index (κ1) is 10.6. The second kappa shape index (κ2) is 3.21. The zero-order chi connectivity index (χ0) is 11.5. The number of carbonyl (C=O) groups is 1. The SMILES string of the molecule is Cn1nc2c3c1CCCI3C(=O)OC2(C)C. The normalized spacial score (nSPS) is 23.9. The van der Waals surface area contributed by atoms with E-state index in [1.54, 1.807) is 0 Å². The van der Waals surface area contributed by atoms with E-state index in [1.807, 2.05) is 25.6 Å². The number of hydrogen-bond donors (Lipinski definition) is 0. The molecule has 3 rings (SSSR count). The molecule has 3 heterocycles. The first-order valence-electron chi connectivity index (χ1n) is 5.46. The van der Waals surface area contributed by atoms with Crippen molar-refractivity contribution in [3.63, 3.8) is 0 Å². The molecule has 0 atom stereocenters. The predicted molar refractivity (Wildman–Crippen MR) is 68.6 cm³/mol. The number of nitrogens with zero attached hydrogens (tertiary/aromatic N) is 2. The Hall–Kier alpha value is -0.590. The van der Waals surface area contributed by atoms with Gasteiger partial charge in [-0.1, -0.05) is 0 Å². The molecule has 0 saturated carbocycles. The summed E-state index contributed by atoms with van der Waals surface area (Å²) in [6, 6.07) is 0. The first-order chi connectivity index (χ1) is 7.50. The van der Waals surface area contributed by atoms with Crippen molar-refractivity contribution < 1.29 is 9.53 Å². The van der Waals surface area contributed by atoms with Gasteiger partial charge in [0.2, 0.25) is 0 Å². The molecule has 0 radical (unpaired) electrons. The van der Waals surface area contributed by atoms with Crippen LogP contribution in [-0.2, 0) is 23.8 Å². The molecule has 0 aliphatic carbocycles. The fraction of sp³-hybridized carbons (Fsp3) is 0.636. The molecule has 0 unspecified atom stereocenters. The van der Waals surface area contributed by atoms with Crippen molar-refractivity contribution >= 4 is 23.8 Å². The number of hydrogen-bond acceptors (Lipinski definition) is 3. The van der Waals surface area contributed by atoms with E-state index in [0.717, 1.165) is 23.0 Å². The number of carbonyl (C=O) groups excluding carboxylic acids is 1. The summed E-state index contributed by atoms with van der Waals surface area (Å²) in [4.78, 5) is 12.0. The van der Waals surface area contributed by atoms with Gasteiger partial charge in [0.1, 0.15) is 0 Å². The zero-order valence-electron chi connectivity index (χ0n) is 9.71. The van der Waals surface area contributed by atoms with Crippen LogP contribution in [0.5, 0.6) is 0 Å². The molecule has 5 heteroatoms. The first-order valence-corrected chi connectivity index (χ1v) is 9.14. The number of halogens is 1. The quantitative estimate of drug-likeness (QED) is 0.416. The molecule has 0 amide bonds. The van der Waals surface area contributed by atoms with E-state index in [0.29, 0.717) is 0 Å². The Labute approximate surface area is 102 Å². The Morgan fingerprint density at radius 3 is 3.00 bits per heavy atom. The molecular formula is C11H15IN2O2. The van der Waals surface area contributed by atoms with Gasteiger partial charge in [0.05, 0.1) is 0 Å². The second-order valence-corrected chi connectivity index (χ2v) is 9.84. The number of cyclic esters (lactones) is 1. The van der Waals surface area contributed by atoms with Crippen LogP contribution in [-0.4, -0.2) is 18.2 Å². The van der Waals surface area contributed by atoms with Crippen LogP contribution in [0.25, 0.3) is 0 Å². The molecule has 1 aromatic heterocycles. The molecule has 2 aliphatic heterocycles. The van der Waals surface area contributed by atoms with Crippen LogP contribution in [0.2, 0.25) is 0 Å². The molecule has 0 spiro atoms. The van der Waals surface area contributed by atoms with E-state index in [1.165, 1.54) is 9.26 Å². The molecule has 0 N–H and O–H groups in total. The van der Waals surface area contributed by atoms with E-state index in [2.05, 4.69) is 5.10 Å². The van der Waals surface area contributed by atoms with Crippen molar-refractivity contribution in [2.75, 3.05) is 4.43 Å². The monoisotopic (exact) mass is 334 g/mol. The fourth-order valence-corrected chi connectivity index (χ4v) is 8.47. The Balaban J connectivity index is 2.28. The standard InChI is InChI=1S/C11H15IN2O2/c1-11(2)9-8-7(14(3)13-9)5-4-6-12(8)10(15)16-11/h4-6H2,1-3H3. The van der Waals surface area contributed by atoms with E-state index >= 15 is 0 Å². The number of aromatic nitrogens is 2. The van der Waals surface area contributed by atoms with Crippen LogP contribution in [0, 0.1) is 3.57 Å². The number of ether oxygens (including phenoxy) is 1. The van der Waals surface area contributed by atoms with Crippen LogP contribution < -0.4 is 0 Å². The number of alkyl halides is 1. The third-order valence-electron chi connectivity index (χ3n) is 3.16. The maximum atomic E-state index is 12.0. The minimum absolute atomic E-state index is 0.0793. The molecule has 0 fully saturated rings. The Morgan fingerprint density at radius 1 is 1.50 bits per heavy atom. The fourth-order valence-electron chi connectivity index (χ4n) is 2.34. The van der Waals surface area contributed by atoms with Gasteiger partial charge in [0, 0.05) is 0 Å². The minimum atomic E-state index is -1.75. The van der Waals surface area contributed by atoms with Gasteiger partial charge in [-0.25, -0.2) is 0 Å². The molecule has 1 aromatic rings. The van der Waals surface area contributed by atoms with E-state index in [4.69, 9.17) is 4.74 Å². The Bertz CT molecular complexity index is 479. The topological polar surface area (TPSA) is 44.1 Å². The summed E-state index contributed by atoms with van der Waals surface area (Å²) in [5.41, 5.74) is 1.78. The third-order valence-corrected chi connectivity index (χ3v) is 8.72. The van der Waals surface area contributed by atoms with Gasteiger partial charge in [-0.15, -0.1) is 0 Å². The van der Waals surface area contributed by atoms with Crippen molar-refractivity contribution in [3.8, 4) is 0 Å². The van der Waals surface area contributed by atoms with Gasteiger partial charge in [0.15, 0.2) is 0 Å². The predicted octanol–water partition coefficient (Wildman–Crippen LogP) is 2.43. The van der Waals surface area contributed by atoms with Crippen molar-refractivity contribution in [1.82, 2.24) is 9.78 Å². The summed E-state index contributed by atoms with van der Waals surface area (Å²) in [5, 5.41) is 4.58. The van der Waals surface area contributed by atoms with Crippen molar-refractivity contribution in [2.24, 2.45) is 7.05 Å². The van der Waals surface area contributed by atoms with Gasteiger partial charge in [-0.2, -0.15) is 0 Å². The number of rotatable bonds is 0. The molecule has 0 aromatic carbocycles. The van der Waals surface area contributed by atoms with Crippen LogP contribution in [0.1, 0.15) is 31.7 Å². The summed E-state index contributed by atoms with van der Waals surface area (Å²) in [5.74, 6) is 0. The molecular weight excluding hydrogens is 319 g/mol. The van der Waals surface area contributed by atoms with Crippen molar-refractivity contribution in [1.29, 1.82) is 0 Å². The van der Waals surface area contributed by atoms with Crippen LogP contribution >= 0.6 is 19.8 Å². The van der Waals surface area contributed by atoms with Crippen molar-refractivity contribution in [3.05, 3.63) is 15.0 Å². The van der Waals surface area contributed by atoms with Crippen LogP contribution in [0.3, 0.4) is 0 Å². The van der Waals surface area contributed by atoms with Gasteiger partial charge in [-0.3, -0.25) is 0 Å². The average Bonchev–Trinajstić information content (AvgIpc) is 2.55.